The number of hydrogen-bond donors (Lipinski definition) is 0. The summed E-state index contributed by atoms with van der Waals surface area (Å²) in [4.78, 5) is 0. The zero-order valence-electron chi connectivity index (χ0n) is 20.5. The van der Waals surface area contributed by atoms with E-state index in [1.165, 1.54) is 116 Å². The minimum Gasteiger partial charge on any atom is -0.135 e. The van der Waals surface area contributed by atoms with E-state index in [-0.39, 0.29) is 0 Å². The highest BCUT2D eigenvalue weighted by molar-refractivity contribution is 7.26. The van der Waals surface area contributed by atoms with Crippen LogP contribution in [-0.2, 0) is 6.42 Å². The normalized spacial score (nSPS) is 12.0. The molecular weight excluding hydrogens is 416 g/mol. The molecule has 4 aromatic carbocycles. The van der Waals surface area contributed by atoms with E-state index in [2.05, 4.69) is 75.4 Å². The number of fused-ring (bicyclic) bond motifs is 5. The fourth-order valence-corrected chi connectivity index (χ4v) is 6.38. The molecule has 1 heterocycles. The molecule has 0 radical (unpaired) electrons. The SMILES string of the molecule is CCCCCCCCCCc1ccc2cc3c(cc2c1)sc1cc2cc(C)c(C)cc2cc13. The van der Waals surface area contributed by atoms with E-state index in [1.807, 2.05) is 11.3 Å². The average molecular weight is 453 g/mol. The summed E-state index contributed by atoms with van der Waals surface area (Å²) < 4.78 is 2.81. The van der Waals surface area contributed by atoms with Gasteiger partial charge in [-0.05, 0) is 89.2 Å². The summed E-state index contributed by atoms with van der Waals surface area (Å²) in [6, 6.07) is 21.4. The van der Waals surface area contributed by atoms with E-state index in [9.17, 15) is 0 Å². The Morgan fingerprint density at radius 2 is 1.09 bits per heavy atom. The zero-order chi connectivity index (χ0) is 22.8. The molecule has 33 heavy (non-hydrogen) atoms. The zero-order valence-corrected chi connectivity index (χ0v) is 21.3. The van der Waals surface area contributed by atoms with Crippen LogP contribution in [0, 0.1) is 13.8 Å². The lowest BCUT2D eigenvalue weighted by atomic mass is 9.98. The minimum absolute atomic E-state index is 1.21. The van der Waals surface area contributed by atoms with Crippen LogP contribution >= 0.6 is 11.3 Å². The monoisotopic (exact) mass is 452 g/mol. The van der Waals surface area contributed by atoms with Crippen LogP contribution in [0.15, 0.2) is 54.6 Å². The first-order valence-corrected chi connectivity index (χ1v) is 13.7. The standard InChI is InChI=1S/C32H36S/c1-4-5-6-7-8-9-10-11-12-24-13-14-25-18-29-30-19-26-15-22(2)23(3)16-27(26)20-31(30)33-32(29)21-28(25)17-24/h13-21H,4-12H2,1-3H3. The van der Waals surface area contributed by atoms with Gasteiger partial charge in [0.25, 0.3) is 0 Å². The van der Waals surface area contributed by atoms with E-state index in [0.29, 0.717) is 0 Å². The lowest BCUT2D eigenvalue weighted by Crippen LogP contribution is -1.87. The Hall–Kier alpha value is -2.38. The van der Waals surface area contributed by atoms with Crippen molar-refractivity contribution >= 4 is 53.1 Å². The van der Waals surface area contributed by atoms with Gasteiger partial charge in [-0.3, -0.25) is 0 Å². The Bertz CT molecular complexity index is 1420. The fraction of sp³-hybridized carbons (Fsp3) is 0.375. The van der Waals surface area contributed by atoms with E-state index < -0.39 is 0 Å². The molecule has 0 aliphatic carbocycles. The molecule has 0 fully saturated rings. The molecule has 0 unspecified atom stereocenters. The highest BCUT2D eigenvalue weighted by Crippen LogP contribution is 2.39. The van der Waals surface area contributed by atoms with Crippen LogP contribution in [0.1, 0.15) is 75.0 Å². The van der Waals surface area contributed by atoms with E-state index in [0.717, 1.165) is 0 Å². The molecule has 0 saturated carbocycles. The number of hydrogen-bond acceptors (Lipinski definition) is 1. The second-order valence-corrected chi connectivity index (χ2v) is 11.1. The summed E-state index contributed by atoms with van der Waals surface area (Å²) >= 11 is 1.94. The molecule has 1 aromatic heterocycles. The smallest absolute Gasteiger partial charge is 0.0361 e. The van der Waals surface area contributed by atoms with Gasteiger partial charge >= 0.3 is 0 Å². The maximum atomic E-state index is 2.43. The third kappa shape index (κ3) is 4.80. The number of benzene rings is 4. The lowest BCUT2D eigenvalue weighted by molar-refractivity contribution is 0.575. The van der Waals surface area contributed by atoms with Crippen molar-refractivity contribution in [2.24, 2.45) is 0 Å². The molecule has 5 rings (SSSR count). The van der Waals surface area contributed by atoms with Gasteiger partial charge in [0, 0.05) is 20.2 Å². The van der Waals surface area contributed by atoms with Crippen LogP contribution in [0.5, 0.6) is 0 Å². The van der Waals surface area contributed by atoms with Crippen molar-refractivity contribution in [1.29, 1.82) is 0 Å². The molecular formula is C32H36S. The van der Waals surface area contributed by atoms with Gasteiger partial charge in [0.05, 0.1) is 0 Å². The molecule has 5 aromatic rings. The van der Waals surface area contributed by atoms with E-state index in [4.69, 9.17) is 0 Å². The van der Waals surface area contributed by atoms with Gasteiger partial charge < -0.3 is 0 Å². The largest absolute Gasteiger partial charge is 0.135 e. The molecule has 0 bridgehead atoms. The Morgan fingerprint density at radius 3 is 1.76 bits per heavy atom. The summed E-state index contributed by atoms with van der Waals surface area (Å²) in [6.45, 7) is 6.71. The predicted octanol–water partition coefficient (Wildman–Crippen LogP) is 10.7. The summed E-state index contributed by atoms with van der Waals surface area (Å²) in [5.41, 5.74) is 4.24. The summed E-state index contributed by atoms with van der Waals surface area (Å²) in [5.74, 6) is 0. The van der Waals surface area contributed by atoms with Gasteiger partial charge in [-0.1, -0.05) is 82.2 Å². The van der Waals surface area contributed by atoms with Crippen LogP contribution in [0.4, 0.5) is 0 Å². The number of rotatable bonds is 9. The molecule has 0 amide bonds. The molecule has 1 heteroatoms. The van der Waals surface area contributed by atoms with Crippen molar-refractivity contribution in [1.82, 2.24) is 0 Å². The van der Waals surface area contributed by atoms with E-state index in [1.54, 1.807) is 0 Å². The summed E-state index contributed by atoms with van der Waals surface area (Å²) in [6.07, 6.45) is 12.3. The molecule has 0 N–H and O–H groups in total. The molecule has 170 valence electrons. The van der Waals surface area contributed by atoms with Crippen molar-refractivity contribution in [2.45, 2.75) is 78.6 Å². The van der Waals surface area contributed by atoms with Gasteiger partial charge in [0.1, 0.15) is 0 Å². The first-order valence-electron chi connectivity index (χ1n) is 12.9. The Kier molecular flexibility index (Phi) is 6.69. The van der Waals surface area contributed by atoms with Crippen molar-refractivity contribution < 1.29 is 0 Å². The van der Waals surface area contributed by atoms with Gasteiger partial charge in [0.2, 0.25) is 0 Å². The molecule has 0 spiro atoms. The average Bonchev–Trinajstić information content (AvgIpc) is 3.14. The third-order valence-corrected chi connectivity index (χ3v) is 8.50. The lowest BCUT2D eigenvalue weighted by Gasteiger charge is -2.06. The van der Waals surface area contributed by atoms with Crippen molar-refractivity contribution in [3.63, 3.8) is 0 Å². The second-order valence-electron chi connectivity index (χ2n) is 9.99. The van der Waals surface area contributed by atoms with Gasteiger partial charge in [-0.2, -0.15) is 0 Å². The van der Waals surface area contributed by atoms with Crippen molar-refractivity contribution in [3.05, 3.63) is 71.3 Å². The fourth-order valence-electron chi connectivity index (χ4n) is 5.21. The highest BCUT2D eigenvalue weighted by Gasteiger charge is 2.10. The molecule has 0 nitrogen and oxygen atoms in total. The van der Waals surface area contributed by atoms with Gasteiger partial charge in [0.15, 0.2) is 0 Å². The molecule has 0 saturated heterocycles. The topological polar surface area (TPSA) is 0 Å². The predicted molar refractivity (Wildman–Crippen MR) is 150 cm³/mol. The molecule has 0 aliphatic heterocycles. The van der Waals surface area contributed by atoms with Crippen LogP contribution in [0.3, 0.4) is 0 Å². The first-order chi connectivity index (χ1) is 16.1. The Balaban J connectivity index is 1.36. The third-order valence-electron chi connectivity index (χ3n) is 7.38. The number of thiophene rings is 1. The number of unbranched alkanes of at least 4 members (excludes halogenated alkanes) is 7. The van der Waals surface area contributed by atoms with Gasteiger partial charge in [-0.25, -0.2) is 0 Å². The highest BCUT2D eigenvalue weighted by atomic mass is 32.1. The number of aryl methyl sites for hydroxylation is 3. The first kappa shape index (κ1) is 22.4. The summed E-state index contributed by atoms with van der Waals surface area (Å²) in [7, 11) is 0. The maximum Gasteiger partial charge on any atom is 0.0361 e. The minimum atomic E-state index is 1.21. The maximum absolute atomic E-state index is 2.43. The van der Waals surface area contributed by atoms with E-state index >= 15 is 0 Å². The van der Waals surface area contributed by atoms with Gasteiger partial charge in [-0.15, -0.1) is 11.3 Å². The second kappa shape index (κ2) is 9.85. The van der Waals surface area contributed by atoms with Crippen LogP contribution in [-0.4, -0.2) is 0 Å². The van der Waals surface area contributed by atoms with Crippen molar-refractivity contribution in [2.75, 3.05) is 0 Å². The van der Waals surface area contributed by atoms with Crippen LogP contribution in [0.25, 0.3) is 41.7 Å². The summed E-state index contributed by atoms with van der Waals surface area (Å²) in [5, 5.41) is 8.26. The van der Waals surface area contributed by atoms with Crippen LogP contribution in [0.2, 0.25) is 0 Å². The Morgan fingerprint density at radius 1 is 0.545 bits per heavy atom. The van der Waals surface area contributed by atoms with Crippen molar-refractivity contribution in [3.8, 4) is 0 Å². The Labute approximate surface area is 202 Å². The molecule has 0 aliphatic rings. The van der Waals surface area contributed by atoms with Crippen LogP contribution < -0.4 is 0 Å². The quantitative estimate of drug-likeness (QED) is 0.195. The molecule has 0 atom stereocenters.